The first-order valence-electron chi connectivity index (χ1n) is 10.4. The van der Waals surface area contributed by atoms with Crippen LogP contribution in [-0.4, -0.2) is 45.7 Å². The van der Waals surface area contributed by atoms with Gasteiger partial charge in [0.05, 0.1) is 12.1 Å². The average molecular weight is 366 g/mol. The number of carboxylic acids is 1. The Morgan fingerprint density at radius 1 is 1.12 bits per heavy atom. The van der Waals surface area contributed by atoms with Gasteiger partial charge in [0.1, 0.15) is 0 Å². The number of hydrogen-bond acceptors (Lipinski definition) is 3. The molecule has 0 spiro atoms. The van der Waals surface area contributed by atoms with Crippen molar-refractivity contribution in [1.82, 2.24) is 4.90 Å². The first-order chi connectivity index (χ1) is 12.6. The molecule has 2 fully saturated rings. The smallest absolute Gasteiger partial charge is 0.303 e. The lowest BCUT2D eigenvalue weighted by Crippen LogP contribution is -2.32. The molecular weight excluding hydrogens is 330 g/mol. The summed E-state index contributed by atoms with van der Waals surface area (Å²) in [6, 6.07) is 0.113. The average Bonchev–Trinajstić information content (AvgIpc) is 2.97. The van der Waals surface area contributed by atoms with Gasteiger partial charge in [-0.25, -0.2) is 0 Å². The third kappa shape index (κ3) is 7.48. The van der Waals surface area contributed by atoms with Gasteiger partial charge in [-0.1, -0.05) is 57.1 Å². The Morgan fingerprint density at radius 2 is 1.85 bits per heavy atom. The zero-order chi connectivity index (χ0) is 18.8. The Kier molecular flexibility index (Phi) is 9.16. The van der Waals surface area contributed by atoms with Crippen molar-refractivity contribution >= 4 is 11.9 Å². The monoisotopic (exact) mass is 365 g/mol. The summed E-state index contributed by atoms with van der Waals surface area (Å²) in [5.74, 6) is 0.110. The van der Waals surface area contributed by atoms with Crippen molar-refractivity contribution in [1.29, 1.82) is 0 Å². The Labute approximate surface area is 157 Å². The molecule has 0 aromatic heterocycles. The molecule has 148 valence electrons. The lowest BCUT2D eigenvalue weighted by Gasteiger charge is -2.24. The molecule has 5 heteroatoms. The summed E-state index contributed by atoms with van der Waals surface area (Å²) in [5, 5.41) is 18.9. The largest absolute Gasteiger partial charge is 0.481 e. The van der Waals surface area contributed by atoms with Gasteiger partial charge in [-0.3, -0.25) is 9.59 Å². The van der Waals surface area contributed by atoms with E-state index in [2.05, 4.69) is 0 Å². The minimum Gasteiger partial charge on any atom is -0.481 e. The third-order valence-electron chi connectivity index (χ3n) is 5.77. The summed E-state index contributed by atoms with van der Waals surface area (Å²) in [7, 11) is 0. The molecule has 1 heterocycles. The molecule has 0 radical (unpaired) electrons. The van der Waals surface area contributed by atoms with E-state index >= 15 is 0 Å². The maximum absolute atomic E-state index is 12.1. The molecule has 0 aromatic carbocycles. The number of carbonyl (C=O) groups is 2. The fraction of sp³-hybridized carbons (Fsp3) is 0.810. The van der Waals surface area contributed by atoms with Crippen molar-refractivity contribution in [2.24, 2.45) is 5.92 Å². The van der Waals surface area contributed by atoms with Crippen LogP contribution in [0.2, 0.25) is 0 Å². The predicted octanol–water partition coefficient (Wildman–Crippen LogP) is 3.90. The molecule has 1 amide bonds. The van der Waals surface area contributed by atoms with Crippen LogP contribution in [0, 0.1) is 5.92 Å². The number of aliphatic hydroxyl groups excluding tert-OH is 1. The van der Waals surface area contributed by atoms with Crippen molar-refractivity contribution in [3.8, 4) is 0 Å². The normalized spacial score (nSPS) is 23.0. The van der Waals surface area contributed by atoms with Crippen LogP contribution >= 0.6 is 0 Å². The van der Waals surface area contributed by atoms with Crippen LogP contribution in [0.3, 0.4) is 0 Å². The molecule has 0 aromatic rings. The van der Waals surface area contributed by atoms with Crippen molar-refractivity contribution in [2.75, 3.05) is 6.54 Å². The number of likely N-dealkylation sites (tertiary alicyclic amines) is 1. The van der Waals surface area contributed by atoms with Gasteiger partial charge in [0.25, 0.3) is 0 Å². The van der Waals surface area contributed by atoms with Crippen molar-refractivity contribution < 1.29 is 19.8 Å². The number of nitrogens with zero attached hydrogens (tertiary/aromatic N) is 1. The Bertz CT molecular complexity index is 471. The van der Waals surface area contributed by atoms with Gasteiger partial charge in [0.15, 0.2) is 0 Å². The van der Waals surface area contributed by atoms with E-state index in [0.29, 0.717) is 18.8 Å². The van der Waals surface area contributed by atoms with E-state index in [1.807, 2.05) is 17.1 Å². The van der Waals surface area contributed by atoms with Crippen molar-refractivity contribution in [3.63, 3.8) is 0 Å². The van der Waals surface area contributed by atoms with Crippen LogP contribution < -0.4 is 0 Å². The van der Waals surface area contributed by atoms with E-state index < -0.39 is 12.1 Å². The van der Waals surface area contributed by atoms with E-state index in [1.54, 1.807) is 0 Å². The highest BCUT2D eigenvalue weighted by Crippen LogP contribution is 2.28. The third-order valence-corrected chi connectivity index (χ3v) is 5.77. The van der Waals surface area contributed by atoms with Gasteiger partial charge in [0.2, 0.25) is 5.91 Å². The molecular formula is C21H35NO4. The van der Waals surface area contributed by atoms with Gasteiger partial charge in [0, 0.05) is 19.4 Å². The molecule has 2 atom stereocenters. The van der Waals surface area contributed by atoms with Gasteiger partial charge in [-0.2, -0.15) is 0 Å². The molecule has 2 N–H and O–H groups in total. The van der Waals surface area contributed by atoms with Gasteiger partial charge >= 0.3 is 5.97 Å². The molecule has 2 aliphatic rings. The number of hydrogen-bond donors (Lipinski definition) is 2. The molecule has 26 heavy (non-hydrogen) atoms. The summed E-state index contributed by atoms with van der Waals surface area (Å²) in [6.45, 7) is 0.736. The highest BCUT2D eigenvalue weighted by molar-refractivity contribution is 5.79. The number of aliphatic carboxylic acids is 1. The number of amides is 1. The number of rotatable bonds is 11. The zero-order valence-electron chi connectivity index (χ0n) is 15.9. The maximum atomic E-state index is 12.1. The van der Waals surface area contributed by atoms with E-state index in [0.717, 1.165) is 38.6 Å². The minimum atomic E-state index is -0.739. The van der Waals surface area contributed by atoms with Gasteiger partial charge < -0.3 is 15.1 Å². The van der Waals surface area contributed by atoms with Crippen LogP contribution in [0.15, 0.2) is 12.2 Å². The summed E-state index contributed by atoms with van der Waals surface area (Å²) in [6.07, 6.45) is 15.9. The highest BCUT2D eigenvalue weighted by Gasteiger charge is 2.28. The number of unbranched alkanes of at least 4 members (excludes halogenated alkanes) is 3. The van der Waals surface area contributed by atoms with E-state index in [1.165, 1.54) is 32.1 Å². The van der Waals surface area contributed by atoms with Crippen LogP contribution in [0.4, 0.5) is 0 Å². The molecule has 1 aliphatic carbocycles. The fourth-order valence-corrected chi connectivity index (χ4v) is 4.26. The second-order valence-corrected chi connectivity index (χ2v) is 7.94. The number of carbonyl (C=O) groups excluding carboxylic acids is 1. The zero-order valence-corrected chi connectivity index (χ0v) is 15.9. The molecule has 1 aliphatic heterocycles. The summed E-state index contributed by atoms with van der Waals surface area (Å²) in [5.41, 5.74) is 0. The van der Waals surface area contributed by atoms with Gasteiger partial charge in [-0.15, -0.1) is 0 Å². The molecule has 1 saturated heterocycles. The minimum absolute atomic E-state index is 0.113. The number of carboxylic acid groups (broad SMARTS) is 1. The van der Waals surface area contributed by atoms with Crippen LogP contribution in [0.25, 0.3) is 0 Å². The SMILES string of the molecule is O=C(O)CCCCCCN1C(=O)CC[C@@H]1/C=C/[C@@H](O)CC1CCCCC1. The summed E-state index contributed by atoms with van der Waals surface area (Å²) in [4.78, 5) is 24.5. The van der Waals surface area contributed by atoms with Crippen LogP contribution in [-0.2, 0) is 9.59 Å². The van der Waals surface area contributed by atoms with Crippen LogP contribution in [0.1, 0.15) is 83.5 Å². The van der Waals surface area contributed by atoms with E-state index in [4.69, 9.17) is 5.11 Å². The fourth-order valence-electron chi connectivity index (χ4n) is 4.26. The lowest BCUT2D eigenvalue weighted by molar-refractivity contribution is -0.137. The summed E-state index contributed by atoms with van der Waals surface area (Å²) >= 11 is 0. The molecule has 2 rings (SSSR count). The lowest BCUT2D eigenvalue weighted by atomic mass is 9.85. The van der Waals surface area contributed by atoms with E-state index in [9.17, 15) is 14.7 Å². The predicted molar refractivity (Wildman–Crippen MR) is 102 cm³/mol. The Hall–Kier alpha value is -1.36. The Balaban J connectivity index is 1.69. The topological polar surface area (TPSA) is 77.8 Å². The standard InChI is InChI=1S/C21H35NO4/c23-19(16-17-8-4-3-5-9-17)13-11-18-12-14-20(24)22(18)15-7-2-1-6-10-21(25)26/h11,13,17-19,23H,1-10,12,14-16H2,(H,25,26)/b13-11+/t18-,19+/m0/s1. The second-order valence-electron chi connectivity index (χ2n) is 7.94. The first-order valence-corrected chi connectivity index (χ1v) is 10.4. The second kappa shape index (κ2) is 11.4. The van der Waals surface area contributed by atoms with Crippen molar-refractivity contribution in [2.45, 2.75) is 95.6 Å². The van der Waals surface area contributed by atoms with Crippen molar-refractivity contribution in [3.05, 3.63) is 12.2 Å². The molecule has 1 saturated carbocycles. The van der Waals surface area contributed by atoms with Crippen LogP contribution in [0.5, 0.6) is 0 Å². The van der Waals surface area contributed by atoms with E-state index in [-0.39, 0.29) is 18.4 Å². The maximum Gasteiger partial charge on any atom is 0.303 e. The molecule has 5 nitrogen and oxygen atoms in total. The highest BCUT2D eigenvalue weighted by atomic mass is 16.4. The number of aliphatic hydroxyl groups is 1. The Morgan fingerprint density at radius 3 is 2.58 bits per heavy atom. The molecule has 0 unspecified atom stereocenters. The summed E-state index contributed by atoms with van der Waals surface area (Å²) < 4.78 is 0. The first kappa shape index (κ1) is 20.9. The van der Waals surface area contributed by atoms with Gasteiger partial charge in [-0.05, 0) is 31.6 Å². The molecule has 0 bridgehead atoms. The quantitative estimate of drug-likeness (QED) is 0.430.